The van der Waals surface area contributed by atoms with Gasteiger partial charge in [-0.15, -0.1) is 0 Å². The van der Waals surface area contributed by atoms with E-state index < -0.39 is 27.8 Å². The molecule has 0 bridgehead atoms. The van der Waals surface area contributed by atoms with Crippen molar-refractivity contribution in [2.75, 3.05) is 14.1 Å². The average Bonchev–Trinajstić information content (AvgIpc) is 3.24. The van der Waals surface area contributed by atoms with E-state index in [1.807, 2.05) is 19.9 Å². The molecule has 1 fully saturated rings. The maximum Gasteiger partial charge on any atom is 0.264 e. The standard InChI is InChI=1S/C17H24N2O4S/c1-9-7-10(2)12(4)15(11(9)3)24(22,23)18-16(20)13-8-14(13)17(21)19(5)6/h7,13-14H,8H2,1-6H3,(H,18,20)/t13-,14+/m0/s1. The lowest BCUT2D eigenvalue weighted by molar-refractivity contribution is -0.132. The first-order valence-corrected chi connectivity index (χ1v) is 9.31. The van der Waals surface area contributed by atoms with Gasteiger partial charge >= 0.3 is 0 Å². The highest BCUT2D eigenvalue weighted by Gasteiger charge is 2.49. The van der Waals surface area contributed by atoms with E-state index in [2.05, 4.69) is 4.72 Å². The summed E-state index contributed by atoms with van der Waals surface area (Å²) < 4.78 is 27.6. The number of sulfonamides is 1. The van der Waals surface area contributed by atoms with Crippen LogP contribution < -0.4 is 4.72 Å². The van der Waals surface area contributed by atoms with Crippen molar-refractivity contribution < 1.29 is 18.0 Å². The van der Waals surface area contributed by atoms with E-state index in [1.165, 1.54) is 4.90 Å². The van der Waals surface area contributed by atoms with Crippen molar-refractivity contribution in [1.29, 1.82) is 0 Å². The predicted molar refractivity (Wildman–Crippen MR) is 91.0 cm³/mol. The highest BCUT2D eigenvalue weighted by Crippen LogP contribution is 2.40. The Labute approximate surface area is 143 Å². The first-order valence-electron chi connectivity index (χ1n) is 7.82. The second-order valence-corrected chi connectivity index (χ2v) is 8.36. The third-order valence-electron chi connectivity index (χ3n) is 4.69. The maximum absolute atomic E-state index is 12.7. The van der Waals surface area contributed by atoms with Crippen molar-refractivity contribution in [3.63, 3.8) is 0 Å². The van der Waals surface area contributed by atoms with Crippen LogP contribution in [-0.2, 0) is 19.6 Å². The minimum atomic E-state index is -3.96. The quantitative estimate of drug-likeness (QED) is 0.889. The molecule has 0 heterocycles. The van der Waals surface area contributed by atoms with E-state index in [0.29, 0.717) is 17.5 Å². The number of amides is 2. The van der Waals surface area contributed by atoms with Crippen LogP contribution in [-0.4, -0.2) is 39.2 Å². The minimum Gasteiger partial charge on any atom is -0.349 e. The Morgan fingerprint density at radius 3 is 2.00 bits per heavy atom. The van der Waals surface area contributed by atoms with E-state index in [1.54, 1.807) is 27.9 Å². The monoisotopic (exact) mass is 352 g/mol. The SMILES string of the molecule is Cc1cc(C)c(C)c(S(=O)(=O)NC(=O)[C@H]2C[C@H]2C(=O)N(C)C)c1C. The van der Waals surface area contributed by atoms with Gasteiger partial charge in [-0.1, -0.05) is 6.07 Å². The number of carbonyl (C=O) groups is 2. The fraction of sp³-hybridized carbons (Fsp3) is 0.529. The fourth-order valence-electron chi connectivity index (χ4n) is 2.93. The van der Waals surface area contributed by atoms with Crippen LogP contribution in [0.15, 0.2) is 11.0 Å². The van der Waals surface area contributed by atoms with Gasteiger partial charge in [-0.25, -0.2) is 13.1 Å². The molecule has 1 aromatic carbocycles. The first-order chi connectivity index (χ1) is 11.0. The zero-order chi connectivity index (χ0) is 18.4. The van der Waals surface area contributed by atoms with Crippen molar-refractivity contribution in [3.8, 4) is 0 Å². The summed E-state index contributed by atoms with van der Waals surface area (Å²) in [5.41, 5.74) is 2.99. The van der Waals surface area contributed by atoms with Crippen molar-refractivity contribution in [2.24, 2.45) is 11.8 Å². The highest BCUT2D eigenvalue weighted by molar-refractivity contribution is 7.90. The smallest absolute Gasteiger partial charge is 0.264 e. The van der Waals surface area contributed by atoms with E-state index in [0.717, 1.165) is 11.1 Å². The van der Waals surface area contributed by atoms with E-state index in [9.17, 15) is 18.0 Å². The lowest BCUT2D eigenvalue weighted by atomic mass is 10.0. The summed E-state index contributed by atoms with van der Waals surface area (Å²) in [5, 5.41) is 0. The van der Waals surface area contributed by atoms with Crippen LogP contribution >= 0.6 is 0 Å². The van der Waals surface area contributed by atoms with E-state index in [-0.39, 0.29) is 10.8 Å². The summed E-state index contributed by atoms with van der Waals surface area (Å²) in [7, 11) is -0.725. The Morgan fingerprint density at radius 1 is 1.04 bits per heavy atom. The van der Waals surface area contributed by atoms with Gasteiger partial charge in [-0.2, -0.15) is 0 Å². The summed E-state index contributed by atoms with van der Waals surface area (Å²) >= 11 is 0. The van der Waals surface area contributed by atoms with Crippen LogP contribution in [0.4, 0.5) is 0 Å². The Balaban J connectivity index is 2.25. The summed E-state index contributed by atoms with van der Waals surface area (Å²) in [6, 6.07) is 1.93. The van der Waals surface area contributed by atoms with Crippen LogP contribution in [0.1, 0.15) is 28.7 Å². The van der Waals surface area contributed by atoms with Crippen molar-refractivity contribution >= 4 is 21.8 Å². The van der Waals surface area contributed by atoms with Gasteiger partial charge in [0.05, 0.1) is 16.7 Å². The molecule has 0 spiro atoms. The number of rotatable bonds is 4. The third kappa shape index (κ3) is 3.31. The molecule has 24 heavy (non-hydrogen) atoms. The second-order valence-electron chi connectivity index (χ2n) is 6.74. The Kier molecular flexibility index (Phi) is 4.77. The first kappa shape index (κ1) is 18.4. The zero-order valence-electron chi connectivity index (χ0n) is 14.9. The van der Waals surface area contributed by atoms with E-state index in [4.69, 9.17) is 0 Å². The van der Waals surface area contributed by atoms with Gasteiger partial charge in [0, 0.05) is 14.1 Å². The van der Waals surface area contributed by atoms with Gasteiger partial charge in [0.1, 0.15) is 0 Å². The summed E-state index contributed by atoms with van der Waals surface area (Å²) in [5.74, 6) is -1.74. The van der Waals surface area contributed by atoms with Gasteiger partial charge in [0.25, 0.3) is 10.0 Å². The molecule has 0 unspecified atom stereocenters. The number of nitrogens with one attached hydrogen (secondary N) is 1. The molecule has 2 amide bonds. The third-order valence-corrected chi connectivity index (χ3v) is 6.31. The second kappa shape index (κ2) is 6.20. The molecular formula is C17H24N2O4S. The van der Waals surface area contributed by atoms with Crippen molar-refractivity contribution in [1.82, 2.24) is 9.62 Å². The summed E-state index contributed by atoms with van der Waals surface area (Å²) in [6.45, 7) is 7.15. The number of nitrogens with zero attached hydrogens (tertiary/aromatic N) is 1. The van der Waals surface area contributed by atoms with Gasteiger partial charge in [0.15, 0.2) is 0 Å². The number of aryl methyl sites for hydroxylation is 2. The zero-order valence-corrected chi connectivity index (χ0v) is 15.7. The summed E-state index contributed by atoms with van der Waals surface area (Å²) in [4.78, 5) is 25.7. The minimum absolute atomic E-state index is 0.147. The lowest BCUT2D eigenvalue weighted by Gasteiger charge is -2.16. The van der Waals surface area contributed by atoms with Crippen LogP contribution in [0, 0.1) is 39.5 Å². The van der Waals surface area contributed by atoms with E-state index >= 15 is 0 Å². The molecule has 0 aromatic heterocycles. The number of benzene rings is 1. The van der Waals surface area contributed by atoms with Gasteiger partial charge in [-0.3, -0.25) is 9.59 Å². The molecule has 0 radical (unpaired) electrons. The molecule has 7 heteroatoms. The number of hydrogen-bond donors (Lipinski definition) is 1. The Morgan fingerprint density at radius 2 is 1.54 bits per heavy atom. The topological polar surface area (TPSA) is 83.5 Å². The molecule has 1 saturated carbocycles. The summed E-state index contributed by atoms with van der Waals surface area (Å²) in [6.07, 6.45) is 0.392. The molecule has 0 saturated heterocycles. The maximum atomic E-state index is 12.7. The predicted octanol–water partition coefficient (Wildman–Crippen LogP) is 1.45. The van der Waals surface area contributed by atoms with Gasteiger partial charge < -0.3 is 4.90 Å². The van der Waals surface area contributed by atoms with Gasteiger partial charge in [0.2, 0.25) is 11.8 Å². The molecule has 2 rings (SSSR count). The fourth-order valence-corrected chi connectivity index (χ4v) is 4.58. The van der Waals surface area contributed by atoms with Crippen LogP contribution in [0.5, 0.6) is 0 Å². The average molecular weight is 352 g/mol. The molecule has 1 aliphatic rings. The molecule has 1 aromatic rings. The molecule has 0 aliphatic heterocycles. The molecular weight excluding hydrogens is 328 g/mol. The molecule has 132 valence electrons. The highest BCUT2D eigenvalue weighted by atomic mass is 32.2. The largest absolute Gasteiger partial charge is 0.349 e. The molecule has 6 nitrogen and oxygen atoms in total. The number of carbonyl (C=O) groups excluding carboxylic acids is 2. The van der Waals surface area contributed by atoms with Crippen LogP contribution in [0.25, 0.3) is 0 Å². The molecule has 2 atom stereocenters. The Hall–Kier alpha value is -1.89. The van der Waals surface area contributed by atoms with Crippen molar-refractivity contribution in [2.45, 2.75) is 39.0 Å². The molecule has 1 N–H and O–H groups in total. The van der Waals surface area contributed by atoms with Gasteiger partial charge in [-0.05, 0) is 56.4 Å². The normalized spacial score (nSPS) is 19.8. The lowest BCUT2D eigenvalue weighted by Crippen LogP contribution is -2.34. The number of hydrogen-bond acceptors (Lipinski definition) is 4. The van der Waals surface area contributed by atoms with Crippen molar-refractivity contribution in [3.05, 3.63) is 28.3 Å². The molecule has 1 aliphatic carbocycles. The van der Waals surface area contributed by atoms with Crippen LogP contribution in [0.3, 0.4) is 0 Å². The van der Waals surface area contributed by atoms with Crippen LogP contribution in [0.2, 0.25) is 0 Å². The Bertz CT molecular complexity index is 786.